The van der Waals surface area contributed by atoms with Crippen LogP contribution in [0.2, 0.25) is 0 Å². The van der Waals surface area contributed by atoms with Gasteiger partial charge < -0.3 is 15.1 Å². The summed E-state index contributed by atoms with van der Waals surface area (Å²) < 4.78 is 39.3. The van der Waals surface area contributed by atoms with Gasteiger partial charge in [0.2, 0.25) is 5.78 Å². The predicted molar refractivity (Wildman–Crippen MR) is 120 cm³/mol. The molecule has 0 atom stereocenters. The second-order valence-corrected chi connectivity index (χ2v) is 8.38. The van der Waals surface area contributed by atoms with E-state index < -0.39 is 12.1 Å². The van der Waals surface area contributed by atoms with Gasteiger partial charge in [0.05, 0.1) is 11.7 Å². The van der Waals surface area contributed by atoms with Gasteiger partial charge in [-0.2, -0.15) is 13.2 Å². The number of hydrogen-bond acceptors (Lipinski definition) is 5. The third kappa shape index (κ3) is 4.55. The van der Waals surface area contributed by atoms with Crippen molar-refractivity contribution in [1.29, 1.82) is 0 Å². The fraction of sp³-hybridized carbons (Fsp3) is 0.391. The average Bonchev–Trinajstić information content (AvgIpc) is 3.13. The van der Waals surface area contributed by atoms with Crippen molar-refractivity contribution >= 4 is 23.3 Å². The molecule has 8 nitrogen and oxygen atoms in total. The fourth-order valence-corrected chi connectivity index (χ4v) is 3.93. The van der Waals surface area contributed by atoms with E-state index in [1.54, 1.807) is 17.6 Å². The number of rotatable bonds is 6. The van der Waals surface area contributed by atoms with Gasteiger partial charge in [-0.1, -0.05) is 19.1 Å². The molecule has 4 rings (SSSR count). The first kappa shape index (κ1) is 23.5. The Morgan fingerprint density at radius 3 is 2.50 bits per heavy atom. The minimum absolute atomic E-state index is 0.0278. The first-order valence-corrected chi connectivity index (χ1v) is 10.9. The molecule has 2 aromatic heterocycles. The summed E-state index contributed by atoms with van der Waals surface area (Å²) in [6.07, 6.45) is -0.708. The van der Waals surface area contributed by atoms with E-state index in [1.807, 2.05) is 49.2 Å². The molecule has 1 N–H and O–H groups in total. The van der Waals surface area contributed by atoms with E-state index in [1.165, 1.54) is 0 Å². The van der Waals surface area contributed by atoms with Crippen molar-refractivity contribution in [3.8, 4) is 0 Å². The van der Waals surface area contributed by atoms with E-state index >= 15 is 0 Å². The smallest absolute Gasteiger partial charge is 0.368 e. The number of amides is 2. The van der Waals surface area contributed by atoms with Crippen LogP contribution in [0.3, 0.4) is 0 Å². The lowest BCUT2D eigenvalue weighted by molar-refractivity contribution is -0.189. The lowest BCUT2D eigenvalue weighted by Gasteiger charge is -2.44. The second kappa shape index (κ2) is 8.96. The van der Waals surface area contributed by atoms with Crippen LogP contribution in [0.4, 0.5) is 18.9 Å². The molecule has 0 radical (unpaired) electrons. The molecule has 11 heteroatoms. The number of fused-ring (bicyclic) bond motifs is 1. The monoisotopic (exact) mass is 474 g/mol. The number of nitrogens with zero attached hydrogens (tertiary/aromatic N) is 5. The summed E-state index contributed by atoms with van der Waals surface area (Å²) >= 11 is 0. The van der Waals surface area contributed by atoms with Gasteiger partial charge in [0.15, 0.2) is 0 Å². The Hall–Kier alpha value is -3.63. The predicted octanol–water partition coefficient (Wildman–Crippen LogP) is 2.74. The summed E-state index contributed by atoms with van der Waals surface area (Å²) in [5.74, 6) is -1.57. The molecule has 0 saturated carbocycles. The van der Waals surface area contributed by atoms with Gasteiger partial charge in [-0.3, -0.25) is 14.0 Å². The van der Waals surface area contributed by atoms with Crippen LogP contribution in [0, 0.1) is 6.92 Å². The van der Waals surface area contributed by atoms with Crippen LogP contribution in [0.25, 0.3) is 5.78 Å². The Kier molecular flexibility index (Phi) is 6.20. The molecule has 3 heterocycles. The Balaban J connectivity index is 1.37. The van der Waals surface area contributed by atoms with Crippen LogP contribution in [0.1, 0.15) is 34.2 Å². The molecule has 1 aromatic carbocycles. The van der Waals surface area contributed by atoms with E-state index in [2.05, 4.69) is 15.3 Å². The van der Waals surface area contributed by atoms with E-state index in [-0.39, 0.29) is 25.0 Å². The summed E-state index contributed by atoms with van der Waals surface area (Å²) in [5, 5.41) is 2.92. The molecule has 0 bridgehead atoms. The molecule has 1 aliphatic rings. The summed E-state index contributed by atoms with van der Waals surface area (Å²) in [6, 6.07) is 7.20. The van der Waals surface area contributed by atoms with E-state index in [4.69, 9.17) is 0 Å². The van der Waals surface area contributed by atoms with E-state index in [0.717, 1.165) is 21.7 Å². The highest BCUT2D eigenvalue weighted by Crippen LogP contribution is 2.26. The fourth-order valence-electron chi connectivity index (χ4n) is 3.93. The summed E-state index contributed by atoms with van der Waals surface area (Å²) in [5.41, 5.74) is 3.74. The van der Waals surface area contributed by atoms with Crippen LogP contribution in [0.5, 0.6) is 0 Å². The summed E-state index contributed by atoms with van der Waals surface area (Å²) in [6.45, 7) is 4.18. The van der Waals surface area contributed by atoms with Crippen LogP contribution in [-0.4, -0.2) is 63.4 Å². The van der Waals surface area contributed by atoms with Gasteiger partial charge in [-0.15, -0.1) is 0 Å². The average molecular weight is 474 g/mol. The van der Waals surface area contributed by atoms with Crippen molar-refractivity contribution in [2.75, 3.05) is 25.0 Å². The van der Waals surface area contributed by atoms with Gasteiger partial charge in [-0.05, 0) is 36.6 Å². The lowest BCUT2D eigenvalue weighted by atomic mass is 10.1. The molecule has 1 fully saturated rings. The Labute approximate surface area is 194 Å². The largest absolute Gasteiger partial charge is 0.471 e. The van der Waals surface area contributed by atoms with Gasteiger partial charge in [0, 0.05) is 44.8 Å². The highest BCUT2D eigenvalue weighted by atomic mass is 19.4. The zero-order chi connectivity index (χ0) is 24.6. The van der Waals surface area contributed by atoms with Crippen LogP contribution >= 0.6 is 0 Å². The number of aryl methyl sites for hydroxylation is 2. The van der Waals surface area contributed by atoms with Crippen molar-refractivity contribution in [3.63, 3.8) is 0 Å². The molecule has 2 amide bonds. The van der Waals surface area contributed by atoms with Crippen LogP contribution in [0.15, 0.2) is 36.7 Å². The molecular weight excluding hydrogens is 449 g/mol. The van der Waals surface area contributed by atoms with Gasteiger partial charge in [0.1, 0.15) is 5.69 Å². The highest BCUT2D eigenvalue weighted by molar-refractivity contribution is 5.94. The van der Waals surface area contributed by atoms with Crippen LogP contribution in [-0.2, 0) is 17.8 Å². The topological polar surface area (TPSA) is 82.8 Å². The number of likely N-dealkylation sites (N-methyl/N-ethyl adjacent to an activating group) is 1. The molecule has 3 aromatic rings. The number of carbonyl (C=O) groups excluding carboxylic acids is 2. The van der Waals surface area contributed by atoms with Crippen molar-refractivity contribution in [2.24, 2.45) is 0 Å². The van der Waals surface area contributed by atoms with Crippen molar-refractivity contribution in [3.05, 3.63) is 59.2 Å². The number of anilines is 1. The second-order valence-electron chi connectivity index (χ2n) is 8.38. The number of hydrogen-bond donors (Lipinski definition) is 1. The molecular formula is C23H25F3N6O2. The minimum Gasteiger partial charge on any atom is -0.368 e. The SMILES string of the molecule is CCc1nc2ncc(C)cn2c1C(=O)NCc1ccc(N(C)C2CN(C(=O)C(F)(F)F)C2)cc1. The molecule has 0 unspecified atom stereocenters. The Morgan fingerprint density at radius 1 is 1.21 bits per heavy atom. The van der Waals surface area contributed by atoms with Crippen LogP contribution < -0.4 is 10.2 Å². The van der Waals surface area contributed by atoms with Crippen molar-refractivity contribution in [1.82, 2.24) is 24.6 Å². The Morgan fingerprint density at radius 2 is 1.88 bits per heavy atom. The maximum atomic E-state index is 12.9. The lowest BCUT2D eigenvalue weighted by Crippen LogP contribution is -2.62. The van der Waals surface area contributed by atoms with E-state index in [9.17, 15) is 22.8 Å². The number of carbonyl (C=O) groups is 2. The summed E-state index contributed by atoms with van der Waals surface area (Å²) in [7, 11) is 1.78. The molecule has 1 aliphatic heterocycles. The summed E-state index contributed by atoms with van der Waals surface area (Å²) in [4.78, 5) is 35.6. The third-order valence-electron chi connectivity index (χ3n) is 5.97. The number of benzene rings is 1. The standard InChI is InChI=1S/C23H25F3N6O2/c1-4-18-19(32-11-14(2)9-28-22(32)29-18)20(33)27-10-15-5-7-16(8-6-15)30(3)17-12-31(13-17)21(34)23(24,25)26/h5-9,11,17H,4,10,12-13H2,1-3H3,(H,27,33). The number of alkyl halides is 3. The third-order valence-corrected chi connectivity index (χ3v) is 5.97. The normalized spacial score (nSPS) is 14.2. The number of likely N-dealkylation sites (tertiary alicyclic amines) is 1. The first-order valence-electron chi connectivity index (χ1n) is 10.9. The number of imidazole rings is 1. The number of aromatic nitrogens is 3. The molecule has 180 valence electrons. The van der Waals surface area contributed by atoms with Gasteiger partial charge in [0.25, 0.3) is 5.91 Å². The number of halogens is 3. The van der Waals surface area contributed by atoms with Gasteiger partial charge in [-0.25, -0.2) is 9.97 Å². The quantitative estimate of drug-likeness (QED) is 0.594. The zero-order valence-electron chi connectivity index (χ0n) is 19.1. The number of nitrogens with one attached hydrogen (secondary N) is 1. The van der Waals surface area contributed by atoms with E-state index in [0.29, 0.717) is 30.1 Å². The highest BCUT2D eigenvalue weighted by Gasteiger charge is 2.47. The maximum absolute atomic E-state index is 12.9. The molecule has 34 heavy (non-hydrogen) atoms. The molecule has 0 spiro atoms. The Bertz CT molecular complexity index is 1220. The first-order chi connectivity index (χ1) is 16.1. The van der Waals surface area contributed by atoms with Crippen molar-refractivity contribution < 1.29 is 22.8 Å². The van der Waals surface area contributed by atoms with Crippen molar-refractivity contribution in [2.45, 2.75) is 39.0 Å². The van der Waals surface area contributed by atoms with Gasteiger partial charge >= 0.3 is 12.1 Å². The maximum Gasteiger partial charge on any atom is 0.471 e. The molecule has 1 saturated heterocycles. The molecule has 0 aliphatic carbocycles. The zero-order valence-corrected chi connectivity index (χ0v) is 19.1. The minimum atomic E-state index is -4.84.